The third-order valence-corrected chi connectivity index (χ3v) is 6.80. The molecular formula is C30H34N4O2. The number of nitrogens with one attached hydrogen (secondary N) is 2. The number of benzene rings is 3. The quantitative estimate of drug-likeness (QED) is 0.357. The number of aromatic nitrogens is 2. The summed E-state index contributed by atoms with van der Waals surface area (Å²) >= 11 is 0. The first-order valence-corrected chi connectivity index (χ1v) is 12.5. The van der Waals surface area contributed by atoms with Gasteiger partial charge in [0, 0.05) is 37.8 Å². The van der Waals surface area contributed by atoms with Crippen molar-refractivity contribution in [3.63, 3.8) is 0 Å². The summed E-state index contributed by atoms with van der Waals surface area (Å²) in [5.74, 6) is 0.734. The van der Waals surface area contributed by atoms with Gasteiger partial charge in [-0.05, 0) is 81.3 Å². The molecule has 1 aliphatic heterocycles. The van der Waals surface area contributed by atoms with Gasteiger partial charge in [0.25, 0.3) is 5.91 Å². The summed E-state index contributed by atoms with van der Waals surface area (Å²) < 4.78 is 22.2. The molecule has 5 rings (SSSR count). The van der Waals surface area contributed by atoms with Crippen molar-refractivity contribution in [3.05, 3.63) is 83.9 Å². The number of nitrogens with zero attached hydrogens (tertiary/aromatic N) is 2. The van der Waals surface area contributed by atoms with Crippen molar-refractivity contribution in [2.75, 3.05) is 19.6 Å². The molecule has 0 aliphatic carbocycles. The van der Waals surface area contributed by atoms with Gasteiger partial charge in [0.2, 0.25) is 0 Å². The molecule has 2 atom stereocenters. The lowest BCUT2D eigenvalue weighted by molar-refractivity contribution is 0.0891. The molecule has 0 saturated carbocycles. The van der Waals surface area contributed by atoms with Crippen LogP contribution < -0.4 is 10.1 Å². The molecule has 4 aromatic rings. The van der Waals surface area contributed by atoms with Crippen molar-refractivity contribution in [2.24, 2.45) is 0 Å². The van der Waals surface area contributed by atoms with E-state index in [0.29, 0.717) is 18.7 Å². The maximum atomic E-state index is 13.5. The van der Waals surface area contributed by atoms with Crippen molar-refractivity contribution in [2.45, 2.75) is 45.3 Å². The number of H-pyrrole nitrogens is 1. The van der Waals surface area contributed by atoms with E-state index in [4.69, 9.17) is 7.48 Å². The van der Waals surface area contributed by atoms with E-state index in [1.165, 1.54) is 0 Å². The summed E-state index contributed by atoms with van der Waals surface area (Å²) in [4.78, 5) is 15.3. The highest BCUT2D eigenvalue weighted by atomic mass is 16.5. The second-order valence-corrected chi connectivity index (χ2v) is 9.58. The van der Waals surface area contributed by atoms with Crippen LogP contribution in [-0.4, -0.2) is 52.7 Å². The van der Waals surface area contributed by atoms with Crippen LogP contribution in [0, 0.1) is 0 Å². The van der Waals surface area contributed by atoms with Crippen LogP contribution in [0.15, 0.2) is 72.8 Å². The molecule has 1 aliphatic rings. The number of likely N-dealkylation sites (tertiary alicyclic amines) is 1. The van der Waals surface area contributed by atoms with Crippen LogP contribution in [0.2, 0.25) is 0 Å². The number of rotatable bonds is 7. The Morgan fingerprint density at radius 3 is 2.67 bits per heavy atom. The minimum atomic E-state index is -1.45. The third-order valence-electron chi connectivity index (χ3n) is 6.80. The first-order chi connectivity index (χ1) is 18.2. The van der Waals surface area contributed by atoms with E-state index in [1.807, 2.05) is 68.4 Å². The predicted octanol–water partition coefficient (Wildman–Crippen LogP) is 5.62. The maximum Gasteiger partial charge on any atom is 0.251 e. The van der Waals surface area contributed by atoms with Crippen LogP contribution in [0.25, 0.3) is 22.2 Å². The SMILES string of the molecule is [2H]C([2H])(C)N1CC[C@@H](c2ccccc2)[C@H](NC(=O)c2ccc3[nH]nc(-c4ccc(OC(C)C)cc4)c3c2)C1. The van der Waals surface area contributed by atoms with E-state index in [2.05, 4.69) is 27.6 Å². The molecule has 0 spiro atoms. The molecule has 0 bridgehead atoms. The van der Waals surface area contributed by atoms with Crippen molar-refractivity contribution in [1.29, 1.82) is 0 Å². The molecule has 2 heterocycles. The van der Waals surface area contributed by atoms with Gasteiger partial charge in [-0.25, -0.2) is 0 Å². The minimum absolute atomic E-state index is 0.0989. The molecule has 3 aromatic carbocycles. The number of aromatic amines is 1. The van der Waals surface area contributed by atoms with Crippen molar-refractivity contribution in [3.8, 4) is 17.0 Å². The summed E-state index contributed by atoms with van der Waals surface area (Å²) in [7, 11) is 0. The second-order valence-electron chi connectivity index (χ2n) is 9.58. The van der Waals surface area contributed by atoms with Gasteiger partial charge >= 0.3 is 0 Å². The standard InChI is InChI=1S/C30H34N4O2/c1-4-34-17-16-25(21-8-6-5-7-9-21)28(19-34)31-30(35)23-12-15-27-26(18-23)29(33-32-27)22-10-13-24(14-11-22)36-20(2)3/h5-15,18,20,25,28H,4,16-17,19H2,1-3H3,(H,31,35)(H,32,33)/t25-,28+/m0/s1/i4D2. The van der Waals surface area contributed by atoms with Crippen molar-refractivity contribution < 1.29 is 12.3 Å². The van der Waals surface area contributed by atoms with Gasteiger partial charge in [-0.15, -0.1) is 0 Å². The molecule has 6 heteroatoms. The highest BCUT2D eigenvalue weighted by molar-refractivity contribution is 6.01. The number of fused-ring (bicyclic) bond motifs is 1. The van der Waals surface area contributed by atoms with Gasteiger partial charge < -0.3 is 15.0 Å². The number of hydrogen-bond donors (Lipinski definition) is 2. The number of amides is 1. The Balaban J connectivity index is 1.40. The maximum absolute atomic E-state index is 13.5. The number of ether oxygens (including phenoxy) is 1. The molecule has 1 amide bonds. The van der Waals surface area contributed by atoms with E-state index < -0.39 is 6.50 Å². The van der Waals surface area contributed by atoms with Crippen LogP contribution in [0.5, 0.6) is 5.75 Å². The van der Waals surface area contributed by atoms with Gasteiger partial charge in [-0.1, -0.05) is 37.3 Å². The Morgan fingerprint density at radius 1 is 1.17 bits per heavy atom. The fourth-order valence-electron chi connectivity index (χ4n) is 4.99. The molecule has 0 unspecified atom stereocenters. The third kappa shape index (κ3) is 5.14. The van der Waals surface area contributed by atoms with Gasteiger partial charge in [0.1, 0.15) is 5.75 Å². The number of likely N-dealkylation sites (N-methyl/N-ethyl adjacent to an activating group) is 1. The van der Waals surface area contributed by atoms with E-state index in [0.717, 1.165) is 39.9 Å². The summed E-state index contributed by atoms with van der Waals surface area (Å²) in [6.45, 7) is 5.19. The summed E-state index contributed by atoms with van der Waals surface area (Å²) in [6, 6.07) is 23.3. The predicted molar refractivity (Wildman–Crippen MR) is 144 cm³/mol. The summed E-state index contributed by atoms with van der Waals surface area (Å²) in [5.41, 5.74) is 4.26. The number of carbonyl (C=O) groups is 1. The van der Waals surface area contributed by atoms with E-state index in [-0.39, 0.29) is 24.0 Å². The van der Waals surface area contributed by atoms with Gasteiger partial charge in [-0.2, -0.15) is 5.10 Å². The smallest absolute Gasteiger partial charge is 0.251 e. The molecule has 36 heavy (non-hydrogen) atoms. The van der Waals surface area contributed by atoms with Crippen LogP contribution in [0.3, 0.4) is 0 Å². The van der Waals surface area contributed by atoms with Crippen molar-refractivity contribution >= 4 is 16.8 Å². The lowest BCUT2D eigenvalue weighted by atomic mass is 9.85. The van der Waals surface area contributed by atoms with Crippen LogP contribution in [0.1, 0.15) is 51.8 Å². The zero-order chi connectivity index (χ0) is 26.9. The summed E-state index contributed by atoms with van der Waals surface area (Å²) in [6.07, 6.45) is 0.867. The zero-order valence-electron chi connectivity index (χ0n) is 23.0. The molecule has 0 radical (unpaired) electrons. The van der Waals surface area contributed by atoms with E-state index >= 15 is 0 Å². The van der Waals surface area contributed by atoms with Crippen LogP contribution in [0.4, 0.5) is 0 Å². The topological polar surface area (TPSA) is 70.2 Å². The van der Waals surface area contributed by atoms with E-state index in [1.54, 1.807) is 17.9 Å². The molecule has 1 saturated heterocycles. The zero-order valence-corrected chi connectivity index (χ0v) is 21.0. The number of hydrogen-bond acceptors (Lipinski definition) is 4. The van der Waals surface area contributed by atoms with Crippen LogP contribution >= 0.6 is 0 Å². The molecule has 186 valence electrons. The van der Waals surface area contributed by atoms with E-state index in [9.17, 15) is 4.79 Å². The average Bonchev–Trinajstić information content (AvgIpc) is 3.32. The lowest BCUT2D eigenvalue weighted by Gasteiger charge is -2.38. The average molecular weight is 485 g/mol. The first kappa shape index (κ1) is 21.6. The highest BCUT2D eigenvalue weighted by Crippen LogP contribution is 2.30. The first-order valence-electron chi connectivity index (χ1n) is 13.5. The van der Waals surface area contributed by atoms with Crippen LogP contribution in [-0.2, 0) is 0 Å². The molecule has 1 aromatic heterocycles. The van der Waals surface area contributed by atoms with Gasteiger partial charge in [0.15, 0.2) is 0 Å². The monoisotopic (exact) mass is 484 g/mol. The fourth-order valence-corrected chi connectivity index (χ4v) is 4.99. The molecular weight excluding hydrogens is 448 g/mol. The normalized spacial score (nSPS) is 19.7. The summed E-state index contributed by atoms with van der Waals surface area (Å²) in [5, 5.41) is 11.7. The fraction of sp³-hybridized carbons (Fsp3) is 0.333. The lowest BCUT2D eigenvalue weighted by Crippen LogP contribution is -2.51. The highest BCUT2D eigenvalue weighted by Gasteiger charge is 2.31. The Kier molecular flexibility index (Phi) is 6.33. The Hall–Kier alpha value is -3.64. The number of piperidine rings is 1. The Bertz CT molecular complexity index is 1400. The Labute approximate surface area is 215 Å². The minimum Gasteiger partial charge on any atom is -0.491 e. The van der Waals surface area contributed by atoms with Gasteiger partial charge in [0.05, 0.1) is 17.3 Å². The number of carbonyl (C=O) groups excluding carboxylic acids is 1. The molecule has 6 nitrogen and oxygen atoms in total. The molecule has 1 fully saturated rings. The van der Waals surface area contributed by atoms with Gasteiger partial charge in [-0.3, -0.25) is 9.89 Å². The molecule has 2 N–H and O–H groups in total. The van der Waals surface area contributed by atoms with Crippen molar-refractivity contribution in [1.82, 2.24) is 20.4 Å². The second kappa shape index (κ2) is 10.5. The largest absolute Gasteiger partial charge is 0.491 e. The Morgan fingerprint density at radius 2 is 1.94 bits per heavy atom.